The predicted molar refractivity (Wildman–Crippen MR) is 113 cm³/mol. The average Bonchev–Trinajstić information content (AvgIpc) is 3.39. The summed E-state index contributed by atoms with van der Waals surface area (Å²) in [5.74, 6) is -0.00351. The number of anilines is 2. The van der Waals surface area contributed by atoms with Gasteiger partial charge in [0.2, 0.25) is 0 Å². The summed E-state index contributed by atoms with van der Waals surface area (Å²) in [5, 5.41) is 11.6. The molecule has 0 fully saturated rings. The molecule has 3 N–H and O–H groups in total. The molecule has 0 saturated heterocycles. The second-order valence-corrected chi connectivity index (χ2v) is 6.85. The zero-order chi connectivity index (χ0) is 20.5. The van der Waals surface area contributed by atoms with Gasteiger partial charge in [0.1, 0.15) is 11.6 Å². The van der Waals surface area contributed by atoms with Crippen LogP contribution < -0.4 is 10.6 Å². The Balaban J connectivity index is 1.36. The summed E-state index contributed by atoms with van der Waals surface area (Å²) < 4.78 is 14.5. The lowest BCUT2D eigenvalue weighted by Crippen LogP contribution is -2.16. The van der Waals surface area contributed by atoms with E-state index in [1.54, 1.807) is 24.3 Å². The maximum Gasteiger partial charge on any atom is 0.276 e. The first kappa shape index (κ1) is 17.9. The Bertz CT molecular complexity index is 1360. The molecule has 0 aliphatic rings. The third kappa shape index (κ3) is 3.46. The number of amides is 1. The van der Waals surface area contributed by atoms with E-state index in [1.807, 2.05) is 30.5 Å². The summed E-state index contributed by atoms with van der Waals surface area (Å²) in [6.07, 6.45) is 3.35. The summed E-state index contributed by atoms with van der Waals surface area (Å²) in [4.78, 5) is 20.2. The van der Waals surface area contributed by atoms with Crippen LogP contribution in [0.2, 0.25) is 0 Å². The Morgan fingerprint density at radius 3 is 2.80 bits per heavy atom. The fourth-order valence-corrected chi connectivity index (χ4v) is 3.24. The Morgan fingerprint density at radius 1 is 1.07 bits per heavy atom. The van der Waals surface area contributed by atoms with Gasteiger partial charge in [-0.15, -0.1) is 5.10 Å². The minimum atomic E-state index is -0.305. The van der Waals surface area contributed by atoms with Crippen LogP contribution >= 0.6 is 0 Å². The van der Waals surface area contributed by atoms with Crippen molar-refractivity contribution in [3.63, 3.8) is 0 Å². The quantitative estimate of drug-likeness (QED) is 0.412. The van der Waals surface area contributed by atoms with Gasteiger partial charge in [0.05, 0.1) is 6.20 Å². The molecule has 7 nitrogen and oxygen atoms in total. The molecule has 3 heterocycles. The standard InChI is InChI=1S/C22H17FN6O/c23-16-3-1-14(2-4-16)12-25-20-7-8-21-26-13-19(29(21)28-20)22(30)27-17-5-6-18-15(11-17)9-10-24-18/h1-11,13,24H,12H2,(H,25,28)(H,27,30). The minimum Gasteiger partial charge on any atom is -0.365 e. The van der Waals surface area contributed by atoms with Crippen LogP contribution in [0.1, 0.15) is 16.1 Å². The number of imidazole rings is 1. The normalized spacial score (nSPS) is 11.1. The zero-order valence-corrected chi connectivity index (χ0v) is 15.8. The van der Waals surface area contributed by atoms with Crippen LogP contribution in [-0.4, -0.2) is 25.5 Å². The number of nitrogens with zero attached hydrogens (tertiary/aromatic N) is 3. The van der Waals surface area contributed by atoms with Crippen molar-refractivity contribution in [3.8, 4) is 0 Å². The van der Waals surface area contributed by atoms with Gasteiger partial charge in [-0.3, -0.25) is 4.79 Å². The number of carbonyl (C=O) groups is 1. The van der Waals surface area contributed by atoms with Gasteiger partial charge in [-0.2, -0.15) is 0 Å². The molecule has 0 aliphatic carbocycles. The van der Waals surface area contributed by atoms with Crippen LogP contribution in [0.4, 0.5) is 15.9 Å². The van der Waals surface area contributed by atoms with E-state index in [1.165, 1.54) is 22.8 Å². The Hall–Kier alpha value is -4.20. The molecular weight excluding hydrogens is 383 g/mol. The number of rotatable bonds is 5. The minimum absolute atomic E-state index is 0.275. The molecule has 0 bridgehead atoms. The molecule has 5 aromatic rings. The molecule has 0 unspecified atom stereocenters. The topological polar surface area (TPSA) is 87.1 Å². The number of H-pyrrole nitrogens is 1. The third-order valence-electron chi connectivity index (χ3n) is 4.79. The number of hydrogen-bond donors (Lipinski definition) is 3. The van der Waals surface area contributed by atoms with Gasteiger partial charge < -0.3 is 15.6 Å². The van der Waals surface area contributed by atoms with Gasteiger partial charge >= 0.3 is 0 Å². The molecule has 0 saturated carbocycles. The van der Waals surface area contributed by atoms with E-state index in [0.717, 1.165) is 16.5 Å². The van der Waals surface area contributed by atoms with E-state index in [2.05, 4.69) is 25.7 Å². The number of aromatic amines is 1. The highest BCUT2D eigenvalue weighted by atomic mass is 19.1. The first-order chi connectivity index (χ1) is 14.7. The Morgan fingerprint density at radius 2 is 1.93 bits per heavy atom. The van der Waals surface area contributed by atoms with E-state index in [0.29, 0.717) is 29.4 Å². The molecule has 8 heteroatoms. The summed E-state index contributed by atoms with van der Waals surface area (Å²) >= 11 is 0. The lowest BCUT2D eigenvalue weighted by molar-refractivity contribution is 0.102. The average molecular weight is 400 g/mol. The van der Waals surface area contributed by atoms with Crippen LogP contribution in [0.5, 0.6) is 0 Å². The van der Waals surface area contributed by atoms with Gasteiger partial charge in [-0.25, -0.2) is 13.9 Å². The number of carbonyl (C=O) groups excluding carboxylic acids is 1. The first-order valence-electron chi connectivity index (χ1n) is 9.37. The Kier molecular flexibility index (Phi) is 4.36. The Labute approximate surface area is 170 Å². The molecule has 0 spiro atoms. The van der Waals surface area contributed by atoms with Crippen LogP contribution in [0.25, 0.3) is 16.6 Å². The van der Waals surface area contributed by atoms with Gasteiger partial charge in [0, 0.05) is 29.3 Å². The second-order valence-electron chi connectivity index (χ2n) is 6.85. The molecule has 0 aliphatic heterocycles. The predicted octanol–water partition coefficient (Wildman–Crippen LogP) is 4.21. The summed E-state index contributed by atoms with van der Waals surface area (Å²) in [6.45, 7) is 0.478. The fourth-order valence-electron chi connectivity index (χ4n) is 3.24. The lowest BCUT2D eigenvalue weighted by atomic mass is 10.2. The van der Waals surface area contributed by atoms with E-state index in [4.69, 9.17) is 0 Å². The molecule has 1 amide bonds. The fraction of sp³-hybridized carbons (Fsp3) is 0.0455. The van der Waals surface area contributed by atoms with Crippen molar-refractivity contribution < 1.29 is 9.18 Å². The number of benzene rings is 2. The van der Waals surface area contributed by atoms with Gasteiger partial charge in [0.25, 0.3) is 5.91 Å². The van der Waals surface area contributed by atoms with Gasteiger partial charge in [-0.1, -0.05) is 12.1 Å². The largest absolute Gasteiger partial charge is 0.365 e. The third-order valence-corrected chi connectivity index (χ3v) is 4.79. The number of hydrogen-bond acceptors (Lipinski definition) is 4. The zero-order valence-electron chi connectivity index (χ0n) is 15.8. The van der Waals surface area contributed by atoms with Gasteiger partial charge in [0.15, 0.2) is 11.3 Å². The molecule has 148 valence electrons. The molecule has 5 rings (SSSR count). The molecule has 0 radical (unpaired) electrons. The van der Waals surface area contributed by atoms with E-state index < -0.39 is 0 Å². The van der Waals surface area contributed by atoms with Crippen molar-refractivity contribution in [2.24, 2.45) is 0 Å². The number of halogens is 1. The highest BCUT2D eigenvalue weighted by Gasteiger charge is 2.14. The molecule has 0 atom stereocenters. The summed E-state index contributed by atoms with van der Waals surface area (Å²) in [5.41, 5.74) is 3.49. The molecular formula is C22H17FN6O. The second kappa shape index (κ2) is 7.32. The van der Waals surface area contributed by atoms with Crippen molar-refractivity contribution >= 4 is 34.0 Å². The van der Waals surface area contributed by atoms with Crippen LogP contribution in [0.15, 0.2) is 73.1 Å². The lowest BCUT2D eigenvalue weighted by Gasteiger charge is -2.08. The maximum atomic E-state index is 13.0. The SMILES string of the molecule is O=C(Nc1ccc2[nH]ccc2c1)c1cnc2ccc(NCc3ccc(F)cc3)nn12. The summed E-state index contributed by atoms with van der Waals surface area (Å²) in [7, 11) is 0. The van der Waals surface area contributed by atoms with Crippen molar-refractivity contribution in [1.29, 1.82) is 0 Å². The van der Waals surface area contributed by atoms with Gasteiger partial charge in [-0.05, 0) is 54.1 Å². The highest BCUT2D eigenvalue weighted by molar-refractivity contribution is 6.04. The van der Waals surface area contributed by atoms with Crippen LogP contribution in [0, 0.1) is 5.82 Å². The van der Waals surface area contributed by atoms with E-state index in [9.17, 15) is 9.18 Å². The van der Waals surface area contributed by atoms with Crippen molar-refractivity contribution in [3.05, 3.63) is 90.1 Å². The van der Waals surface area contributed by atoms with E-state index >= 15 is 0 Å². The monoisotopic (exact) mass is 400 g/mol. The van der Waals surface area contributed by atoms with E-state index in [-0.39, 0.29) is 11.7 Å². The van der Waals surface area contributed by atoms with Crippen LogP contribution in [-0.2, 0) is 6.54 Å². The molecule has 3 aromatic heterocycles. The number of nitrogens with one attached hydrogen (secondary N) is 3. The highest BCUT2D eigenvalue weighted by Crippen LogP contribution is 2.19. The first-order valence-corrected chi connectivity index (χ1v) is 9.37. The van der Waals surface area contributed by atoms with Crippen LogP contribution in [0.3, 0.4) is 0 Å². The number of fused-ring (bicyclic) bond motifs is 2. The molecule has 2 aromatic carbocycles. The maximum absolute atomic E-state index is 13.0. The van der Waals surface area contributed by atoms with Crippen molar-refractivity contribution in [1.82, 2.24) is 19.6 Å². The van der Waals surface area contributed by atoms with Crippen molar-refractivity contribution in [2.75, 3.05) is 10.6 Å². The smallest absolute Gasteiger partial charge is 0.276 e. The summed E-state index contributed by atoms with van der Waals surface area (Å²) in [6, 6.07) is 17.4. The number of aromatic nitrogens is 4. The van der Waals surface area contributed by atoms with Crippen molar-refractivity contribution in [2.45, 2.75) is 6.54 Å². The molecule has 30 heavy (non-hydrogen) atoms.